The van der Waals surface area contributed by atoms with E-state index in [-0.39, 0.29) is 0 Å². The summed E-state index contributed by atoms with van der Waals surface area (Å²) in [7, 11) is 0. The van der Waals surface area contributed by atoms with Gasteiger partial charge in [-0.2, -0.15) is 0 Å². The smallest absolute Gasteiger partial charge is 0.164 e. The van der Waals surface area contributed by atoms with Crippen LogP contribution in [0.1, 0.15) is 0 Å². The first-order chi connectivity index (χ1) is 30.2. The Hall–Kier alpha value is -8.35. The number of furan rings is 1. The van der Waals surface area contributed by atoms with Gasteiger partial charge in [-0.05, 0) is 23.3 Å². The van der Waals surface area contributed by atoms with Crippen molar-refractivity contribution in [3.8, 4) is 90.3 Å². The van der Waals surface area contributed by atoms with E-state index in [1.807, 2.05) is 103 Å². The molecule has 0 spiro atoms. The second-order valence-electron chi connectivity index (χ2n) is 14.9. The molecule has 0 aliphatic rings. The van der Waals surface area contributed by atoms with Gasteiger partial charge in [0.2, 0.25) is 0 Å². The highest BCUT2D eigenvalue weighted by Gasteiger charge is 2.18. The zero-order valence-corrected chi connectivity index (χ0v) is 32.9. The number of para-hydroxylation sites is 2. The van der Waals surface area contributed by atoms with Crippen molar-refractivity contribution >= 4 is 21.9 Å². The molecule has 0 radical (unpaired) electrons. The Labute approximate surface area is 352 Å². The van der Waals surface area contributed by atoms with Gasteiger partial charge in [0.25, 0.3) is 0 Å². The van der Waals surface area contributed by atoms with Crippen LogP contribution in [0.2, 0.25) is 0 Å². The molecule has 0 atom stereocenters. The minimum atomic E-state index is 0.602. The molecule has 0 fully saturated rings. The maximum Gasteiger partial charge on any atom is 0.164 e. The van der Waals surface area contributed by atoms with Crippen molar-refractivity contribution < 1.29 is 4.42 Å². The summed E-state index contributed by atoms with van der Waals surface area (Å²) in [6, 6.07) is 72.1. The average Bonchev–Trinajstić information content (AvgIpc) is 3.74. The second kappa shape index (κ2) is 15.4. The van der Waals surface area contributed by atoms with Gasteiger partial charge in [-0.25, -0.2) is 24.9 Å². The fraction of sp³-hybridized carbons (Fsp3) is 0. The van der Waals surface area contributed by atoms with Crippen LogP contribution in [0.15, 0.2) is 217 Å². The van der Waals surface area contributed by atoms with Gasteiger partial charge in [0, 0.05) is 55.3 Å². The monoisotopic (exact) mass is 781 g/mol. The van der Waals surface area contributed by atoms with Crippen LogP contribution in [0.25, 0.3) is 112 Å². The van der Waals surface area contributed by atoms with E-state index in [1.165, 1.54) is 0 Å². The average molecular weight is 782 g/mol. The third kappa shape index (κ3) is 6.92. The first kappa shape index (κ1) is 35.8. The van der Waals surface area contributed by atoms with E-state index in [2.05, 4.69) is 109 Å². The van der Waals surface area contributed by atoms with Gasteiger partial charge in [-0.3, -0.25) is 0 Å². The Morgan fingerprint density at radius 3 is 1.11 bits per heavy atom. The summed E-state index contributed by atoms with van der Waals surface area (Å²) in [4.78, 5) is 24.9. The van der Waals surface area contributed by atoms with Crippen LogP contribution in [0.4, 0.5) is 0 Å². The first-order valence-corrected chi connectivity index (χ1v) is 20.2. The zero-order valence-electron chi connectivity index (χ0n) is 32.9. The third-order valence-corrected chi connectivity index (χ3v) is 11.0. The van der Waals surface area contributed by atoms with Crippen LogP contribution in [0, 0.1) is 0 Å². The van der Waals surface area contributed by atoms with Gasteiger partial charge in [0.1, 0.15) is 11.2 Å². The zero-order chi connectivity index (χ0) is 40.5. The molecular weight excluding hydrogens is 747 g/mol. The fourth-order valence-electron chi connectivity index (χ4n) is 7.93. The topological polar surface area (TPSA) is 77.6 Å². The number of benzene rings is 8. The number of fused-ring (bicyclic) bond motifs is 3. The molecule has 3 aromatic heterocycles. The van der Waals surface area contributed by atoms with Crippen molar-refractivity contribution in [1.82, 2.24) is 24.9 Å². The molecule has 6 heteroatoms. The summed E-state index contributed by atoms with van der Waals surface area (Å²) < 4.78 is 6.90. The lowest BCUT2D eigenvalue weighted by Crippen LogP contribution is -2.00. The van der Waals surface area contributed by atoms with Crippen LogP contribution in [0.3, 0.4) is 0 Å². The van der Waals surface area contributed by atoms with E-state index in [4.69, 9.17) is 29.3 Å². The predicted molar refractivity (Wildman–Crippen MR) is 246 cm³/mol. The Bertz CT molecular complexity index is 3220. The predicted octanol–water partition coefficient (Wildman–Crippen LogP) is 13.9. The van der Waals surface area contributed by atoms with Crippen molar-refractivity contribution in [3.05, 3.63) is 212 Å². The second-order valence-corrected chi connectivity index (χ2v) is 14.9. The fourth-order valence-corrected chi connectivity index (χ4v) is 7.93. The van der Waals surface area contributed by atoms with Crippen LogP contribution in [0.5, 0.6) is 0 Å². The third-order valence-electron chi connectivity index (χ3n) is 11.0. The summed E-state index contributed by atoms with van der Waals surface area (Å²) in [5.41, 5.74) is 13.2. The van der Waals surface area contributed by atoms with E-state index in [1.54, 1.807) is 0 Å². The highest BCUT2D eigenvalue weighted by Crippen LogP contribution is 2.41. The lowest BCUT2D eigenvalue weighted by Gasteiger charge is -2.10. The molecule has 11 rings (SSSR count). The highest BCUT2D eigenvalue weighted by atomic mass is 16.3. The van der Waals surface area contributed by atoms with E-state index in [9.17, 15) is 0 Å². The Morgan fingerprint density at radius 2 is 0.607 bits per heavy atom. The molecular formula is C55H35N5O. The lowest BCUT2D eigenvalue weighted by atomic mass is 9.98. The largest absolute Gasteiger partial charge is 0.455 e. The van der Waals surface area contributed by atoms with Crippen LogP contribution in [-0.2, 0) is 0 Å². The normalized spacial score (nSPS) is 11.3. The minimum absolute atomic E-state index is 0.602. The SMILES string of the molecule is c1ccc(-c2cc(-c3ccccc3)nc(-c3ccc(-c4cccc5c4oc4c(-c6cccc(-c7nc(-c8ccccc8)nc(-c8ccccc8)n7)c6)cccc45)cc3)n2)cc1. The van der Waals surface area contributed by atoms with Gasteiger partial charge in [0.15, 0.2) is 23.3 Å². The van der Waals surface area contributed by atoms with Crippen molar-refractivity contribution in [1.29, 1.82) is 0 Å². The van der Waals surface area contributed by atoms with Crippen molar-refractivity contribution in [2.24, 2.45) is 0 Å². The summed E-state index contributed by atoms with van der Waals surface area (Å²) in [5.74, 6) is 2.52. The molecule has 11 aromatic rings. The lowest BCUT2D eigenvalue weighted by molar-refractivity contribution is 0.671. The number of nitrogens with zero attached hydrogens (tertiary/aromatic N) is 5. The molecule has 0 unspecified atom stereocenters. The number of aromatic nitrogens is 5. The van der Waals surface area contributed by atoms with Crippen molar-refractivity contribution in [2.45, 2.75) is 0 Å². The maximum atomic E-state index is 6.90. The van der Waals surface area contributed by atoms with Gasteiger partial charge >= 0.3 is 0 Å². The molecule has 286 valence electrons. The van der Waals surface area contributed by atoms with Crippen LogP contribution >= 0.6 is 0 Å². The van der Waals surface area contributed by atoms with E-state index in [0.717, 1.165) is 89.0 Å². The molecule has 3 heterocycles. The molecule has 0 N–H and O–H groups in total. The molecule has 0 aliphatic heterocycles. The number of rotatable bonds is 8. The molecule has 6 nitrogen and oxygen atoms in total. The molecule has 0 saturated carbocycles. The maximum absolute atomic E-state index is 6.90. The van der Waals surface area contributed by atoms with E-state index < -0.39 is 0 Å². The molecule has 0 saturated heterocycles. The Kier molecular flexibility index (Phi) is 9.06. The Balaban J connectivity index is 0.972. The van der Waals surface area contributed by atoms with Gasteiger partial charge in [-0.1, -0.05) is 200 Å². The molecule has 0 aliphatic carbocycles. The molecule has 0 amide bonds. The quantitative estimate of drug-likeness (QED) is 0.153. The first-order valence-electron chi connectivity index (χ1n) is 20.2. The van der Waals surface area contributed by atoms with Crippen molar-refractivity contribution in [3.63, 3.8) is 0 Å². The summed E-state index contributed by atoms with van der Waals surface area (Å²) in [6.07, 6.45) is 0. The summed E-state index contributed by atoms with van der Waals surface area (Å²) in [6.45, 7) is 0. The highest BCUT2D eigenvalue weighted by molar-refractivity contribution is 6.13. The summed E-state index contributed by atoms with van der Waals surface area (Å²) in [5, 5.41) is 2.10. The molecule has 0 bridgehead atoms. The van der Waals surface area contributed by atoms with Gasteiger partial charge in [0.05, 0.1) is 11.4 Å². The van der Waals surface area contributed by atoms with E-state index in [0.29, 0.717) is 23.3 Å². The number of hydrogen-bond acceptors (Lipinski definition) is 6. The minimum Gasteiger partial charge on any atom is -0.455 e. The van der Waals surface area contributed by atoms with E-state index >= 15 is 0 Å². The van der Waals surface area contributed by atoms with Crippen LogP contribution in [-0.4, -0.2) is 24.9 Å². The van der Waals surface area contributed by atoms with Gasteiger partial charge < -0.3 is 4.42 Å². The number of hydrogen-bond donors (Lipinski definition) is 0. The summed E-state index contributed by atoms with van der Waals surface area (Å²) >= 11 is 0. The standard InChI is InChI=1S/C55H35N5O/c1-5-16-37(17-6-1)48-35-49(38-18-7-2-8-19-38)57-52(56-48)41-32-30-36(31-33-41)44-26-14-28-46-47-29-15-27-45(51(47)61-50(44)46)42-24-13-25-43(34-42)55-59-53(39-20-9-3-10-21-39)58-54(60-55)40-22-11-4-12-23-40/h1-35H. The van der Waals surface area contributed by atoms with Gasteiger partial charge in [-0.15, -0.1) is 0 Å². The van der Waals surface area contributed by atoms with Crippen molar-refractivity contribution in [2.75, 3.05) is 0 Å². The molecule has 8 aromatic carbocycles. The Morgan fingerprint density at radius 1 is 0.246 bits per heavy atom. The van der Waals surface area contributed by atoms with Crippen LogP contribution < -0.4 is 0 Å². The molecule has 61 heavy (non-hydrogen) atoms.